The first-order valence-corrected chi connectivity index (χ1v) is 10.1. The van der Waals surface area contributed by atoms with E-state index in [0.717, 1.165) is 11.1 Å². The number of amides is 1. The van der Waals surface area contributed by atoms with Crippen molar-refractivity contribution < 1.29 is 19.0 Å². The molecular formula is C21H25NO4S. The minimum Gasteiger partial charge on any atom is -0.493 e. The van der Waals surface area contributed by atoms with Crippen molar-refractivity contribution in [2.75, 3.05) is 32.6 Å². The summed E-state index contributed by atoms with van der Waals surface area (Å²) in [4.78, 5) is 14.1. The monoisotopic (exact) mass is 387 g/mol. The van der Waals surface area contributed by atoms with Gasteiger partial charge in [-0.25, -0.2) is 0 Å². The van der Waals surface area contributed by atoms with Crippen LogP contribution in [0.5, 0.6) is 11.5 Å². The average Bonchev–Trinajstić information content (AvgIpc) is 3.08. The summed E-state index contributed by atoms with van der Waals surface area (Å²) in [7, 11) is 1.63. The number of rotatable bonds is 9. The molecule has 1 saturated heterocycles. The molecule has 1 amide bonds. The van der Waals surface area contributed by atoms with Crippen LogP contribution in [0.15, 0.2) is 48.5 Å². The lowest BCUT2D eigenvalue weighted by atomic mass is 10.1. The Bertz CT molecular complexity index is 753. The second-order valence-corrected chi connectivity index (χ2v) is 7.20. The molecule has 144 valence electrons. The lowest BCUT2D eigenvalue weighted by molar-refractivity contribution is -0.128. The van der Waals surface area contributed by atoms with E-state index < -0.39 is 0 Å². The summed E-state index contributed by atoms with van der Waals surface area (Å²) in [6, 6.07) is 15.9. The Kier molecular flexibility index (Phi) is 7.01. The maximum absolute atomic E-state index is 12.2. The lowest BCUT2D eigenvalue weighted by Crippen LogP contribution is -2.31. The van der Waals surface area contributed by atoms with Gasteiger partial charge in [-0.2, -0.15) is 0 Å². The first kappa shape index (κ1) is 19.6. The Labute approximate surface area is 164 Å². The van der Waals surface area contributed by atoms with Crippen molar-refractivity contribution in [1.29, 1.82) is 0 Å². The molecule has 1 unspecified atom stereocenters. The van der Waals surface area contributed by atoms with Crippen LogP contribution in [-0.2, 0) is 16.1 Å². The Morgan fingerprint density at radius 3 is 2.70 bits per heavy atom. The highest BCUT2D eigenvalue weighted by Crippen LogP contribution is 2.41. The normalized spacial score (nSPS) is 16.6. The number of ether oxygens (including phenoxy) is 3. The van der Waals surface area contributed by atoms with Gasteiger partial charge < -0.3 is 19.1 Å². The molecule has 0 N–H and O–H groups in total. The SMILES string of the molecule is CCOCCN1C(=O)CSC1c1ccc(OCc2ccccc2)c(OC)c1. The van der Waals surface area contributed by atoms with Crippen LogP contribution in [0.25, 0.3) is 0 Å². The van der Waals surface area contributed by atoms with E-state index in [4.69, 9.17) is 14.2 Å². The van der Waals surface area contributed by atoms with Crippen LogP contribution in [0.3, 0.4) is 0 Å². The second kappa shape index (κ2) is 9.67. The standard InChI is InChI=1S/C21H25NO4S/c1-3-25-12-11-22-20(23)15-27-21(22)17-9-10-18(19(13-17)24-2)26-14-16-7-5-4-6-8-16/h4-10,13,21H,3,11-12,14-15H2,1-2H3. The number of carbonyl (C=O) groups excluding carboxylic acids is 1. The fourth-order valence-corrected chi connectivity index (χ4v) is 4.18. The summed E-state index contributed by atoms with van der Waals surface area (Å²) < 4.78 is 16.9. The van der Waals surface area contributed by atoms with E-state index in [2.05, 4.69) is 0 Å². The summed E-state index contributed by atoms with van der Waals surface area (Å²) >= 11 is 1.63. The number of thioether (sulfide) groups is 1. The Hall–Kier alpha value is -2.18. The molecule has 1 aliphatic heterocycles. The molecule has 0 spiro atoms. The Balaban J connectivity index is 1.71. The number of hydrogen-bond donors (Lipinski definition) is 0. The maximum Gasteiger partial charge on any atom is 0.233 e. The van der Waals surface area contributed by atoms with E-state index in [0.29, 0.717) is 43.6 Å². The molecule has 2 aromatic carbocycles. The summed E-state index contributed by atoms with van der Waals surface area (Å²) in [6.07, 6.45) is 0. The van der Waals surface area contributed by atoms with E-state index in [1.54, 1.807) is 18.9 Å². The van der Waals surface area contributed by atoms with Gasteiger partial charge in [0.15, 0.2) is 11.5 Å². The Morgan fingerprint density at radius 1 is 1.15 bits per heavy atom. The highest BCUT2D eigenvalue weighted by Gasteiger charge is 2.33. The molecule has 3 rings (SSSR count). The van der Waals surface area contributed by atoms with Crippen molar-refractivity contribution in [2.24, 2.45) is 0 Å². The van der Waals surface area contributed by atoms with Crippen molar-refractivity contribution in [3.63, 3.8) is 0 Å². The van der Waals surface area contributed by atoms with E-state index in [1.165, 1.54) is 0 Å². The number of hydrogen-bond acceptors (Lipinski definition) is 5. The van der Waals surface area contributed by atoms with Gasteiger partial charge in [-0.05, 0) is 30.2 Å². The van der Waals surface area contributed by atoms with Crippen LogP contribution in [-0.4, -0.2) is 43.4 Å². The molecule has 0 radical (unpaired) electrons. The van der Waals surface area contributed by atoms with Gasteiger partial charge in [0.05, 0.1) is 19.5 Å². The lowest BCUT2D eigenvalue weighted by Gasteiger charge is -2.24. The van der Waals surface area contributed by atoms with E-state index >= 15 is 0 Å². The van der Waals surface area contributed by atoms with Gasteiger partial charge in [0.1, 0.15) is 12.0 Å². The van der Waals surface area contributed by atoms with Gasteiger partial charge in [-0.3, -0.25) is 4.79 Å². The van der Waals surface area contributed by atoms with Crippen LogP contribution in [0.1, 0.15) is 23.4 Å². The molecule has 1 heterocycles. The van der Waals surface area contributed by atoms with Crippen LogP contribution in [0, 0.1) is 0 Å². The molecule has 0 aliphatic carbocycles. The third kappa shape index (κ3) is 4.96. The highest BCUT2D eigenvalue weighted by molar-refractivity contribution is 8.00. The molecule has 0 aromatic heterocycles. The third-order valence-corrected chi connectivity index (χ3v) is 5.61. The summed E-state index contributed by atoms with van der Waals surface area (Å²) in [5, 5.41) is -0.0185. The number of nitrogens with zero attached hydrogens (tertiary/aromatic N) is 1. The summed E-state index contributed by atoms with van der Waals surface area (Å²) in [6.45, 7) is 4.24. The van der Waals surface area contributed by atoms with E-state index in [-0.39, 0.29) is 11.3 Å². The Morgan fingerprint density at radius 2 is 1.96 bits per heavy atom. The van der Waals surface area contributed by atoms with Crippen molar-refractivity contribution in [1.82, 2.24) is 4.90 Å². The molecule has 1 fully saturated rings. The van der Waals surface area contributed by atoms with Crippen molar-refractivity contribution in [3.8, 4) is 11.5 Å². The zero-order valence-corrected chi connectivity index (χ0v) is 16.5. The number of carbonyl (C=O) groups is 1. The van der Waals surface area contributed by atoms with Gasteiger partial charge in [-0.15, -0.1) is 11.8 Å². The van der Waals surface area contributed by atoms with E-state index in [9.17, 15) is 4.79 Å². The molecule has 1 aliphatic rings. The molecule has 6 heteroatoms. The molecule has 1 atom stereocenters. The van der Waals surface area contributed by atoms with Crippen LogP contribution >= 0.6 is 11.8 Å². The van der Waals surface area contributed by atoms with Gasteiger partial charge >= 0.3 is 0 Å². The molecular weight excluding hydrogens is 362 g/mol. The molecule has 27 heavy (non-hydrogen) atoms. The van der Waals surface area contributed by atoms with Gasteiger partial charge in [0.2, 0.25) is 5.91 Å². The van der Waals surface area contributed by atoms with Gasteiger partial charge in [0, 0.05) is 13.2 Å². The second-order valence-electron chi connectivity index (χ2n) is 6.13. The van der Waals surface area contributed by atoms with Crippen molar-refractivity contribution in [3.05, 3.63) is 59.7 Å². The molecule has 0 bridgehead atoms. The molecule has 5 nitrogen and oxygen atoms in total. The summed E-state index contributed by atoms with van der Waals surface area (Å²) in [5.74, 6) is 2.01. The maximum atomic E-state index is 12.2. The fourth-order valence-electron chi connectivity index (χ4n) is 2.97. The first-order chi connectivity index (χ1) is 13.2. The van der Waals surface area contributed by atoms with Crippen LogP contribution in [0.2, 0.25) is 0 Å². The molecule has 0 saturated carbocycles. The topological polar surface area (TPSA) is 48.0 Å². The third-order valence-electron chi connectivity index (χ3n) is 4.36. The quantitative estimate of drug-likeness (QED) is 0.611. The minimum absolute atomic E-state index is 0.0185. The van der Waals surface area contributed by atoms with Crippen molar-refractivity contribution >= 4 is 17.7 Å². The van der Waals surface area contributed by atoms with Crippen LogP contribution in [0.4, 0.5) is 0 Å². The van der Waals surface area contributed by atoms with E-state index in [1.807, 2.05) is 60.4 Å². The highest BCUT2D eigenvalue weighted by atomic mass is 32.2. The summed E-state index contributed by atoms with van der Waals surface area (Å²) in [5.41, 5.74) is 2.13. The van der Waals surface area contributed by atoms with Crippen LogP contribution < -0.4 is 9.47 Å². The average molecular weight is 388 g/mol. The first-order valence-electron chi connectivity index (χ1n) is 9.06. The minimum atomic E-state index is -0.0185. The zero-order valence-electron chi connectivity index (χ0n) is 15.7. The predicted molar refractivity (Wildman–Crippen MR) is 107 cm³/mol. The largest absolute Gasteiger partial charge is 0.493 e. The smallest absolute Gasteiger partial charge is 0.233 e. The predicted octanol–water partition coefficient (Wildman–Crippen LogP) is 3.88. The molecule has 2 aromatic rings. The van der Waals surface area contributed by atoms with Gasteiger partial charge in [0.25, 0.3) is 0 Å². The fraction of sp³-hybridized carbons (Fsp3) is 0.381. The van der Waals surface area contributed by atoms with Gasteiger partial charge in [-0.1, -0.05) is 36.4 Å². The number of methoxy groups -OCH3 is 1. The van der Waals surface area contributed by atoms with Crippen molar-refractivity contribution in [2.45, 2.75) is 18.9 Å². The zero-order chi connectivity index (χ0) is 19.1. The number of benzene rings is 2.